The number of aromatic nitrogens is 1. The number of esters is 1. The van der Waals surface area contributed by atoms with Crippen molar-refractivity contribution in [1.82, 2.24) is 15.6 Å². The first-order valence-corrected chi connectivity index (χ1v) is 15.2. The Morgan fingerprint density at radius 3 is 2.52 bits per heavy atom. The van der Waals surface area contributed by atoms with E-state index in [-0.39, 0.29) is 41.8 Å². The van der Waals surface area contributed by atoms with Crippen LogP contribution in [0.4, 0.5) is 32.0 Å². The molecule has 2 aromatic carbocycles. The molecule has 3 aromatic rings. The van der Waals surface area contributed by atoms with Gasteiger partial charge >= 0.3 is 12.1 Å². The number of amides is 1. The van der Waals surface area contributed by atoms with Gasteiger partial charge in [0.15, 0.2) is 0 Å². The monoisotopic (exact) mass is 696 g/mol. The zero-order chi connectivity index (χ0) is 34.7. The summed E-state index contributed by atoms with van der Waals surface area (Å²) in [5.74, 6) is -1.23. The van der Waals surface area contributed by atoms with Crippen molar-refractivity contribution in [1.29, 1.82) is 0 Å². The van der Waals surface area contributed by atoms with Gasteiger partial charge in [0.05, 0.1) is 54.9 Å². The summed E-state index contributed by atoms with van der Waals surface area (Å²) in [5, 5.41) is 7.65. The molecule has 1 fully saturated rings. The van der Waals surface area contributed by atoms with Gasteiger partial charge in [-0.2, -0.15) is 13.2 Å². The van der Waals surface area contributed by atoms with Crippen molar-refractivity contribution >= 4 is 29.2 Å². The molecule has 2 heterocycles. The molecule has 1 amide bonds. The van der Waals surface area contributed by atoms with Gasteiger partial charge in [-0.1, -0.05) is 29.8 Å². The maximum absolute atomic E-state index is 14.9. The van der Waals surface area contributed by atoms with Gasteiger partial charge in [0.25, 0.3) is 0 Å². The van der Waals surface area contributed by atoms with E-state index in [4.69, 9.17) is 16.3 Å². The summed E-state index contributed by atoms with van der Waals surface area (Å²) in [6.07, 6.45) is 0.951. The number of morpholine rings is 1. The van der Waals surface area contributed by atoms with E-state index < -0.39 is 60.6 Å². The second-order valence-electron chi connectivity index (χ2n) is 10.9. The predicted octanol–water partition coefficient (Wildman–Crippen LogP) is 5.65. The summed E-state index contributed by atoms with van der Waals surface area (Å²) in [6, 6.07) is 9.19. The number of anilines is 1. The maximum Gasteiger partial charge on any atom is 0.401 e. The average molecular weight is 697 g/mol. The number of alkyl halides is 3. The highest BCUT2D eigenvalue weighted by Crippen LogP contribution is 2.31. The number of rotatable bonds is 12. The van der Waals surface area contributed by atoms with E-state index >= 15 is 0 Å². The smallest absolute Gasteiger partial charge is 0.374 e. The molecule has 3 unspecified atom stereocenters. The molecule has 48 heavy (non-hydrogen) atoms. The zero-order valence-electron chi connectivity index (χ0n) is 25.3. The zero-order valence-corrected chi connectivity index (χ0v) is 26.1. The third kappa shape index (κ3) is 11.5. The molecule has 4 rings (SSSR count). The van der Waals surface area contributed by atoms with Gasteiger partial charge in [0.2, 0.25) is 5.91 Å². The lowest BCUT2D eigenvalue weighted by Gasteiger charge is -2.27. The highest BCUT2D eigenvalue weighted by molar-refractivity contribution is 6.30. The second kappa shape index (κ2) is 17.3. The van der Waals surface area contributed by atoms with Crippen molar-refractivity contribution in [2.75, 3.05) is 31.6 Å². The van der Waals surface area contributed by atoms with E-state index in [1.54, 1.807) is 6.07 Å². The van der Waals surface area contributed by atoms with E-state index in [0.717, 1.165) is 6.20 Å². The minimum atomic E-state index is -4.45. The second-order valence-corrected chi connectivity index (χ2v) is 11.3. The maximum atomic E-state index is 14.9. The molecule has 15 heteroatoms. The van der Waals surface area contributed by atoms with Crippen LogP contribution in [0.5, 0.6) is 0 Å². The predicted molar refractivity (Wildman–Crippen MR) is 164 cm³/mol. The number of ether oxygens (including phenoxy) is 2. The standard InChI is InChI=1S/C33H31ClF6N4O4/c34-27-9-6-21(12-28(27)36)26(20-4-7-22(35)8-5-20)13-31(45)44-30-16-41-15-29(37)25(30)3-1-2-24-14-43-23(18-48-24)10-11-47-32(46)17-42-19-33(38,39)40/h4-9,12,15-16,23-24,26,42-43H,1-3,13-14,17-19H2,(H,44,45). The van der Waals surface area contributed by atoms with Crippen molar-refractivity contribution in [2.24, 2.45) is 0 Å². The molecule has 256 valence electrons. The number of hydrogen-bond donors (Lipinski definition) is 3. The summed E-state index contributed by atoms with van der Waals surface area (Å²) in [7, 11) is 0. The van der Waals surface area contributed by atoms with Crippen molar-refractivity contribution < 1.29 is 45.4 Å². The van der Waals surface area contributed by atoms with Crippen LogP contribution >= 0.6 is 11.6 Å². The topological polar surface area (TPSA) is 102 Å². The molecule has 1 saturated heterocycles. The Labute approximate surface area is 277 Å². The molecule has 1 aliphatic rings. The number of carbonyl (C=O) groups is 2. The third-order valence-electron chi connectivity index (χ3n) is 7.32. The minimum Gasteiger partial charge on any atom is -0.374 e. The normalized spacial score (nSPS) is 16.8. The average Bonchev–Trinajstić information content (AvgIpc) is 3.03. The van der Waals surface area contributed by atoms with Gasteiger partial charge in [-0.25, -0.2) is 18.0 Å². The minimum absolute atomic E-state index is 0.0845. The Kier molecular flexibility index (Phi) is 13.2. The molecule has 3 atom stereocenters. The lowest BCUT2D eigenvalue weighted by Crippen LogP contribution is -2.45. The quantitative estimate of drug-likeness (QED) is 0.128. The Hall–Kier alpha value is -4.16. The van der Waals surface area contributed by atoms with Gasteiger partial charge in [-0.3, -0.25) is 20.4 Å². The molecule has 0 aliphatic carbocycles. The highest BCUT2D eigenvalue weighted by Gasteiger charge is 2.27. The van der Waals surface area contributed by atoms with Crippen molar-refractivity contribution in [3.05, 3.63) is 94.0 Å². The number of carbonyl (C=O) groups excluding carboxylic acids is 2. The number of nitrogens with one attached hydrogen (secondary N) is 3. The molecule has 8 nitrogen and oxygen atoms in total. The van der Waals surface area contributed by atoms with E-state index in [9.17, 15) is 35.9 Å². The van der Waals surface area contributed by atoms with E-state index in [0.29, 0.717) is 30.5 Å². The molecule has 3 N–H and O–H groups in total. The van der Waals surface area contributed by atoms with Crippen molar-refractivity contribution in [3.63, 3.8) is 0 Å². The number of hydrogen-bond acceptors (Lipinski definition) is 7. The molecular weight excluding hydrogens is 666 g/mol. The molecule has 0 spiro atoms. The molecule has 1 aromatic heterocycles. The lowest BCUT2D eigenvalue weighted by atomic mass is 9.88. The van der Waals surface area contributed by atoms with E-state index in [1.807, 2.05) is 5.32 Å². The summed E-state index contributed by atoms with van der Waals surface area (Å²) < 4.78 is 89.5. The van der Waals surface area contributed by atoms with E-state index in [2.05, 4.69) is 32.4 Å². The Morgan fingerprint density at radius 1 is 1.08 bits per heavy atom. The van der Waals surface area contributed by atoms with Crippen LogP contribution in [0.3, 0.4) is 0 Å². The first-order chi connectivity index (χ1) is 22.9. The SMILES string of the molecule is O=C(CC(c1ccc(F)cc1)c1ccc(Cl)c(F)c1)Nc1cncc(F)c1CCCC1CNC(C#COC(=O)CNCC(F)(F)F)CO1. The van der Waals surface area contributed by atoms with Crippen LogP contribution in [-0.4, -0.2) is 61.4 Å². The molecular formula is C33H31ClF6N4O4. The van der Waals surface area contributed by atoms with Gasteiger partial charge in [0, 0.05) is 24.4 Å². The van der Waals surface area contributed by atoms with E-state index in [1.165, 1.54) is 42.6 Å². The van der Waals surface area contributed by atoms with Gasteiger partial charge < -0.3 is 14.8 Å². The first-order valence-electron chi connectivity index (χ1n) is 14.8. The molecule has 1 aliphatic heterocycles. The summed E-state index contributed by atoms with van der Waals surface area (Å²) in [5.41, 5.74) is 1.44. The van der Waals surface area contributed by atoms with Gasteiger partial charge in [0.1, 0.15) is 23.6 Å². The van der Waals surface area contributed by atoms with Crippen LogP contribution in [0.1, 0.15) is 41.9 Å². The van der Waals surface area contributed by atoms with Crippen LogP contribution < -0.4 is 16.0 Å². The van der Waals surface area contributed by atoms with Crippen LogP contribution in [0.15, 0.2) is 54.9 Å². The molecule has 0 bridgehead atoms. The fourth-order valence-electron chi connectivity index (χ4n) is 4.97. The number of pyridine rings is 1. The molecule has 0 radical (unpaired) electrons. The Balaban J connectivity index is 1.28. The summed E-state index contributed by atoms with van der Waals surface area (Å²) in [4.78, 5) is 28.6. The Bertz CT molecular complexity index is 1620. The summed E-state index contributed by atoms with van der Waals surface area (Å²) >= 11 is 5.84. The van der Waals surface area contributed by atoms with Gasteiger partial charge in [-0.15, -0.1) is 0 Å². The van der Waals surface area contributed by atoms with Crippen LogP contribution in [0, 0.1) is 29.5 Å². The van der Waals surface area contributed by atoms with Crippen LogP contribution in [0.2, 0.25) is 5.02 Å². The number of benzene rings is 2. The largest absolute Gasteiger partial charge is 0.401 e. The fourth-order valence-corrected chi connectivity index (χ4v) is 5.09. The third-order valence-corrected chi connectivity index (χ3v) is 7.63. The van der Waals surface area contributed by atoms with Crippen molar-refractivity contribution in [2.45, 2.75) is 49.9 Å². The number of halogens is 7. The van der Waals surface area contributed by atoms with Gasteiger partial charge in [-0.05, 0) is 60.6 Å². The van der Waals surface area contributed by atoms with Crippen LogP contribution in [-0.2, 0) is 25.5 Å². The summed E-state index contributed by atoms with van der Waals surface area (Å²) in [6.45, 7) is -1.43. The van der Waals surface area contributed by atoms with Crippen molar-refractivity contribution in [3.8, 4) is 12.0 Å². The van der Waals surface area contributed by atoms with Crippen LogP contribution in [0.25, 0.3) is 0 Å². The number of nitrogens with zero attached hydrogens (tertiary/aromatic N) is 1. The fraction of sp³-hybridized carbons (Fsp3) is 0.364. The first kappa shape index (κ1) is 36.7. The lowest BCUT2D eigenvalue weighted by molar-refractivity contribution is -0.138. The molecule has 0 saturated carbocycles. The Morgan fingerprint density at radius 2 is 1.83 bits per heavy atom. The highest BCUT2D eigenvalue weighted by atomic mass is 35.5.